The molecule has 3 N–H and O–H groups in total. The number of aliphatic imine (C=N–C) groups is 2. The molecule has 0 aromatic carbocycles. The minimum absolute atomic E-state index is 0.00741. The van der Waals surface area contributed by atoms with Crippen molar-refractivity contribution in [1.29, 1.82) is 0 Å². The van der Waals surface area contributed by atoms with Gasteiger partial charge in [-0.3, -0.25) is 0 Å². The van der Waals surface area contributed by atoms with Gasteiger partial charge in [0.25, 0.3) is 0 Å². The average Bonchev–Trinajstić information content (AvgIpc) is 2.63. The van der Waals surface area contributed by atoms with Crippen molar-refractivity contribution in [2.24, 2.45) is 9.98 Å². The second kappa shape index (κ2) is 2.98. The highest BCUT2D eigenvalue weighted by atomic mass is 32.1. The molecule has 0 saturated heterocycles. The summed E-state index contributed by atoms with van der Waals surface area (Å²) in [4.78, 5) is 13.0. The molecule has 1 aromatic heterocycles. The van der Waals surface area contributed by atoms with Crippen molar-refractivity contribution in [3.05, 3.63) is 16.2 Å². The third-order valence-electron chi connectivity index (χ3n) is 1.51. The van der Waals surface area contributed by atoms with Crippen LogP contribution in [0.25, 0.3) is 6.08 Å². The molecule has 0 spiro atoms. The van der Waals surface area contributed by atoms with E-state index in [9.17, 15) is 5.11 Å². The zero-order valence-corrected chi connectivity index (χ0v) is 7.30. The maximum absolute atomic E-state index is 9.30. The molecule has 0 amide bonds. The first kappa shape index (κ1) is 7.93. The van der Waals surface area contributed by atoms with Crippen LogP contribution in [0, 0.1) is 4.77 Å². The lowest BCUT2D eigenvalue weighted by atomic mass is 10.3. The first-order valence-electron chi connectivity index (χ1n) is 3.54. The van der Waals surface area contributed by atoms with Crippen LogP contribution < -0.4 is 0 Å². The molecule has 13 heavy (non-hydrogen) atoms. The highest BCUT2D eigenvalue weighted by Crippen LogP contribution is 2.15. The number of aromatic nitrogens is 2. The normalized spacial score (nSPS) is 17.4. The lowest BCUT2D eigenvalue weighted by molar-refractivity contribution is 0.455. The maximum atomic E-state index is 9.30. The third-order valence-corrected chi connectivity index (χ3v) is 1.71. The van der Waals surface area contributed by atoms with Gasteiger partial charge in [0.15, 0.2) is 4.77 Å². The Bertz CT molecular complexity index is 451. The van der Waals surface area contributed by atoms with E-state index in [4.69, 9.17) is 12.2 Å². The summed E-state index contributed by atoms with van der Waals surface area (Å²) in [5.41, 5.74) is 1.17. The molecule has 1 aliphatic rings. The van der Waals surface area contributed by atoms with Crippen LogP contribution in [0.15, 0.2) is 15.7 Å². The minimum atomic E-state index is 0.00741. The summed E-state index contributed by atoms with van der Waals surface area (Å²) in [5, 5.41) is 9.30. The molecule has 1 aromatic rings. The predicted octanol–water partition coefficient (Wildman–Crippen LogP) is 1.23. The van der Waals surface area contributed by atoms with E-state index < -0.39 is 0 Å². The lowest BCUT2D eigenvalue weighted by Crippen LogP contribution is -1.77. The van der Waals surface area contributed by atoms with Crippen LogP contribution in [0.5, 0.6) is 5.88 Å². The summed E-state index contributed by atoms with van der Waals surface area (Å²) in [6.07, 6.45) is 4.67. The van der Waals surface area contributed by atoms with Crippen LogP contribution in [0.1, 0.15) is 5.69 Å². The van der Waals surface area contributed by atoms with Gasteiger partial charge in [0.1, 0.15) is 12.0 Å². The van der Waals surface area contributed by atoms with Crippen molar-refractivity contribution in [2.75, 3.05) is 0 Å². The number of allylic oxidation sites excluding steroid dienone is 1. The number of H-pyrrole nitrogens is 2. The summed E-state index contributed by atoms with van der Waals surface area (Å²) >= 11 is 4.79. The van der Waals surface area contributed by atoms with Crippen molar-refractivity contribution < 1.29 is 5.11 Å². The van der Waals surface area contributed by atoms with Crippen LogP contribution in [-0.2, 0) is 0 Å². The van der Waals surface area contributed by atoms with Crippen LogP contribution in [0.2, 0.25) is 0 Å². The van der Waals surface area contributed by atoms with Gasteiger partial charge < -0.3 is 15.1 Å². The molecule has 0 atom stereocenters. The number of aromatic hydroxyl groups is 1. The molecule has 0 radical (unpaired) electrons. The Hall–Kier alpha value is -1.69. The Balaban J connectivity index is 2.42. The highest BCUT2D eigenvalue weighted by Gasteiger charge is 2.02. The molecule has 1 aliphatic heterocycles. The Morgan fingerprint density at radius 1 is 1.46 bits per heavy atom. The molecule has 0 bridgehead atoms. The smallest absolute Gasteiger partial charge is 0.215 e. The molecular formula is C7H6N4OS. The number of aromatic amines is 2. The van der Waals surface area contributed by atoms with Gasteiger partial charge in [-0.15, -0.1) is 0 Å². The summed E-state index contributed by atoms with van der Waals surface area (Å²) in [6.45, 7) is 0. The van der Waals surface area contributed by atoms with E-state index in [1.54, 1.807) is 12.3 Å². The molecule has 0 saturated carbocycles. The standard InChI is InChI=1S/C7H6N4OS/c12-6-5(10-7(13)11-6)1-4-2-8-3-9-4/h1-3,12H,(H2,10,11,13)/b4-1-. The molecule has 66 valence electrons. The molecule has 0 unspecified atom stereocenters. The minimum Gasteiger partial charge on any atom is -0.493 e. The van der Waals surface area contributed by atoms with Crippen LogP contribution >= 0.6 is 12.2 Å². The molecule has 5 nitrogen and oxygen atoms in total. The fraction of sp³-hybridized carbons (Fsp3) is 0. The first-order valence-corrected chi connectivity index (χ1v) is 3.95. The van der Waals surface area contributed by atoms with Gasteiger partial charge >= 0.3 is 0 Å². The van der Waals surface area contributed by atoms with Crippen molar-refractivity contribution in [1.82, 2.24) is 9.97 Å². The molecule has 2 heterocycles. The number of nitrogens with zero attached hydrogens (tertiary/aromatic N) is 2. The molecule has 0 aliphatic carbocycles. The highest BCUT2D eigenvalue weighted by molar-refractivity contribution is 7.71. The van der Waals surface area contributed by atoms with Crippen molar-refractivity contribution >= 4 is 30.8 Å². The van der Waals surface area contributed by atoms with E-state index in [-0.39, 0.29) is 5.88 Å². The van der Waals surface area contributed by atoms with Crippen LogP contribution in [0.3, 0.4) is 0 Å². The van der Waals surface area contributed by atoms with E-state index in [0.717, 1.165) is 0 Å². The number of imidazole rings is 1. The topological polar surface area (TPSA) is 76.5 Å². The first-order chi connectivity index (χ1) is 6.25. The van der Waals surface area contributed by atoms with Gasteiger partial charge in [-0.1, -0.05) is 0 Å². The van der Waals surface area contributed by atoms with Crippen molar-refractivity contribution in [3.8, 4) is 5.88 Å². The van der Waals surface area contributed by atoms with Gasteiger partial charge in [0.05, 0.1) is 11.9 Å². The summed E-state index contributed by atoms with van der Waals surface area (Å²) in [6, 6.07) is 0. The number of rotatable bonds is 1. The molecule has 0 fully saturated rings. The average molecular weight is 194 g/mol. The Labute approximate surface area is 78.6 Å². The maximum Gasteiger partial charge on any atom is 0.215 e. The lowest BCUT2D eigenvalue weighted by Gasteiger charge is -1.88. The quantitative estimate of drug-likeness (QED) is 0.588. The van der Waals surface area contributed by atoms with Gasteiger partial charge in [-0.25, -0.2) is 9.98 Å². The van der Waals surface area contributed by atoms with Crippen LogP contribution in [-0.4, -0.2) is 27.6 Å². The number of hydrogen-bond donors (Lipinski definition) is 3. The van der Waals surface area contributed by atoms with Crippen molar-refractivity contribution in [3.63, 3.8) is 0 Å². The zero-order chi connectivity index (χ0) is 9.26. The van der Waals surface area contributed by atoms with Gasteiger partial charge in [-0.2, -0.15) is 0 Å². The number of hydrogen-bond acceptors (Lipinski definition) is 4. The number of nitrogens with one attached hydrogen (secondary N) is 2. The van der Waals surface area contributed by atoms with Crippen molar-refractivity contribution in [2.45, 2.75) is 0 Å². The molecular weight excluding hydrogens is 188 g/mol. The van der Waals surface area contributed by atoms with Gasteiger partial charge in [0.2, 0.25) is 5.88 Å². The summed E-state index contributed by atoms with van der Waals surface area (Å²) in [7, 11) is 0. The summed E-state index contributed by atoms with van der Waals surface area (Å²) in [5.74, 6) is 0.00741. The third kappa shape index (κ3) is 1.57. The summed E-state index contributed by atoms with van der Waals surface area (Å²) < 4.78 is 0.378. The SMILES string of the molecule is Oc1[nH]c(=S)[nH]c1/C=C1/C=NC=N1. The van der Waals surface area contributed by atoms with E-state index in [2.05, 4.69) is 20.0 Å². The van der Waals surface area contributed by atoms with E-state index >= 15 is 0 Å². The van der Waals surface area contributed by atoms with E-state index in [0.29, 0.717) is 16.2 Å². The Kier molecular flexibility index (Phi) is 1.82. The van der Waals surface area contributed by atoms with Gasteiger partial charge in [-0.05, 0) is 18.3 Å². The molecule has 2 rings (SSSR count). The van der Waals surface area contributed by atoms with Gasteiger partial charge in [0, 0.05) is 0 Å². The Morgan fingerprint density at radius 2 is 2.31 bits per heavy atom. The fourth-order valence-corrected chi connectivity index (χ4v) is 1.16. The molecule has 6 heteroatoms. The Morgan fingerprint density at radius 3 is 2.85 bits per heavy atom. The van der Waals surface area contributed by atoms with E-state index in [1.165, 1.54) is 6.34 Å². The van der Waals surface area contributed by atoms with Crippen LogP contribution in [0.4, 0.5) is 0 Å². The zero-order valence-electron chi connectivity index (χ0n) is 6.48. The predicted molar refractivity (Wildman–Crippen MR) is 52.6 cm³/mol. The van der Waals surface area contributed by atoms with E-state index in [1.807, 2.05) is 0 Å². The largest absolute Gasteiger partial charge is 0.493 e. The fourth-order valence-electron chi connectivity index (χ4n) is 0.958. The second-order valence-corrected chi connectivity index (χ2v) is 2.84. The second-order valence-electron chi connectivity index (χ2n) is 2.43. The monoisotopic (exact) mass is 194 g/mol.